The highest BCUT2D eigenvalue weighted by atomic mass is 16.5. The molecule has 0 atom stereocenters. The summed E-state index contributed by atoms with van der Waals surface area (Å²) in [6.45, 7) is 6.12. The van der Waals surface area contributed by atoms with E-state index in [0.29, 0.717) is 35.3 Å². The molecule has 3 rings (SSSR count). The number of rotatable bonds is 7. The molecule has 0 amide bonds. The smallest absolute Gasteiger partial charge is 0.227 e. The van der Waals surface area contributed by atoms with Crippen LogP contribution in [0.3, 0.4) is 0 Å². The van der Waals surface area contributed by atoms with Gasteiger partial charge >= 0.3 is 0 Å². The molecule has 1 aromatic heterocycles. The van der Waals surface area contributed by atoms with Gasteiger partial charge < -0.3 is 23.7 Å². The van der Waals surface area contributed by atoms with Gasteiger partial charge in [-0.15, -0.1) is 0 Å². The summed E-state index contributed by atoms with van der Waals surface area (Å²) in [5.74, 6) is 2.44. The number of benzene rings is 1. The first kappa shape index (κ1) is 21.0. The van der Waals surface area contributed by atoms with Gasteiger partial charge in [0.2, 0.25) is 16.9 Å². The molecule has 0 radical (unpaired) electrons. The molecule has 0 bridgehead atoms. The molecule has 8 nitrogen and oxygen atoms in total. The van der Waals surface area contributed by atoms with Gasteiger partial charge in [-0.1, -0.05) is 6.07 Å². The first-order valence-corrected chi connectivity index (χ1v) is 9.52. The second kappa shape index (κ2) is 9.19. The number of methoxy groups -OCH3 is 3. The molecule has 1 aliphatic rings. The Morgan fingerprint density at radius 1 is 0.966 bits per heavy atom. The lowest BCUT2D eigenvalue weighted by molar-refractivity contribution is 0.113. The standard InChI is InChI=1S/C21H28N2O6/c1-14-11-16(24)19(25)18(29-14)13-23-9-7-22(8-10-23)12-15-5-6-17(26-2)21(28-4)20(15)27-3/h5-6,11,25H,7-10,12-13H2,1-4H3. The summed E-state index contributed by atoms with van der Waals surface area (Å²) in [5.41, 5.74) is 0.629. The van der Waals surface area contributed by atoms with Crippen molar-refractivity contribution in [3.63, 3.8) is 0 Å². The Bertz CT molecular complexity index is 903. The summed E-state index contributed by atoms with van der Waals surface area (Å²) in [6, 6.07) is 5.18. The molecule has 0 saturated carbocycles. The van der Waals surface area contributed by atoms with Crippen molar-refractivity contribution in [2.45, 2.75) is 20.0 Å². The van der Waals surface area contributed by atoms with E-state index in [9.17, 15) is 9.90 Å². The molecular formula is C21H28N2O6. The zero-order valence-corrected chi connectivity index (χ0v) is 17.4. The van der Waals surface area contributed by atoms with Gasteiger partial charge in [0.05, 0.1) is 27.9 Å². The molecule has 1 aromatic carbocycles. The Morgan fingerprint density at radius 3 is 2.17 bits per heavy atom. The van der Waals surface area contributed by atoms with Crippen molar-refractivity contribution in [2.75, 3.05) is 47.5 Å². The summed E-state index contributed by atoms with van der Waals surface area (Å²) in [7, 11) is 4.83. The predicted octanol–water partition coefficient (Wildman–Crippen LogP) is 2.00. The maximum absolute atomic E-state index is 11.7. The number of nitrogens with zero attached hydrogens (tertiary/aromatic N) is 2. The Labute approximate surface area is 170 Å². The molecule has 29 heavy (non-hydrogen) atoms. The fourth-order valence-corrected chi connectivity index (χ4v) is 3.61. The minimum atomic E-state index is -0.400. The molecule has 1 fully saturated rings. The van der Waals surface area contributed by atoms with Crippen LogP contribution < -0.4 is 19.6 Å². The SMILES string of the molecule is COc1ccc(CN2CCN(Cc3oc(C)cc(=O)c3O)CC2)c(OC)c1OC. The van der Waals surface area contributed by atoms with Crippen molar-refractivity contribution in [1.82, 2.24) is 9.80 Å². The zero-order chi connectivity index (χ0) is 21.0. The monoisotopic (exact) mass is 404 g/mol. The van der Waals surface area contributed by atoms with Crippen molar-refractivity contribution in [2.24, 2.45) is 0 Å². The van der Waals surface area contributed by atoms with E-state index < -0.39 is 5.43 Å². The molecule has 2 heterocycles. The van der Waals surface area contributed by atoms with E-state index in [1.807, 2.05) is 12.1 Å². The Morgan fingerprint density at radius 2 is 1.59 bits per heavy atom. The zero-order valence-electron chi connectivity index (χ0n) is 17.4. The van der Waals surface area contributed by atoms with Gasteiger partial charge in [0.25, 0.3) is 0 Å². The topological polar surface area (TPSA) is 84.6 Å². The van der Waals surface area contributed by atoms with Crippen LogP contribution in [0.1, 0.15) is 17.1 Å². The quantitative estimate of drug-likeness (QED) is 0.750. The van der Waals surface area contributed by atoms with E-state index in [0.717, 1.165) is 38.3 Å². The van der Waals surface area contributed by atoms with Crippen molar-refractivity contribution in [1.29, 1.82) is 0 Å². The fourth-order valence-electron chi connectivity index (χ4n) is 3.61. The minimum Gasteiger partial charge on any atom is -0.502 e. The summed E-state index contributed by atoms with van der Waals surface area (Å²) >= 11 is 0. The molecule has 1 N–H and O–H groups in total. The minimum absolute atomic E-state index is 0.298. The molecule has 158 valence electrons. The molecule has 0 unspecified atom stereocenters. The second-order valence-corrected chi connectivity index (χ2v) is 7.04. The van der Waals surface area contributed by atoms with Crippen LogP contribution in [0.5, 0.6) is 23.0 Å². The summed E-state index contributed by atoms with van der Waals surface area (Å²) in [5, 5.41) is 9.97. The lowest BCUT2D eigenvalue weighted by atomic mass is 10.1. The van der Waals surface area contributed by atoms with Crippen LogP contribution in [-0.2, 0) is 13.1 Å². The van der Waals surface area contributed by atoms with Crippen LogP contribution in [0.4, 0.5) is 0 Å². The third-order valence-electron chi connectivity index (χ3n) is 5.13. The number of piperazine rings is 1. The van der Waals surface area contributed by atoms with Crippen LogP contribution in [0.25, 0.3) is 0 Å². The molecule has 2 aromatic rings. The van der Waals surface area contributed by atoms with E-state index in [-0.39, 0.29) is 5.75 Å². The van der Waals surface area contributed by atoms with Gasteiger partial charge in [-0.3, -0.25) is 14.6 Å². The van der Waals surface area contributed by atoms with Crippen molar-refractivity contribution in [3.05, 3.63) is 45.5 Å². The van der Waals surface area contributed by atoms with E-state index in [1.54, 1.807) is 28.3 Å². The maximum Gasteiger partial charge on any atom is 0.227 e. The molecule has 0 aliphatic carbocycles. The third-order valence-corrected chi connectivity index (χ3v) is 5.13. The van der Waals surface area contributed by atoms with Crippen LogP contribution >= 0.6 is 0 Å². The number of aryl methyl sites for hydroxylation is 1. The lowest BCUT2D eigenvalue weighted by Gasteiger charge is -2.34. The second-order valence-electron chi connectivity index (χ2n) is 7.04. The average Bonchev–Trinajstić information content (AvgIpc) is 2.72. The fraction of sp³-hybridized carbons (Fsp3) is 0.476. The van der Waals surface area contributed by atoms with E-state index >= 15 is 0 Å². The summed E-state index contributed by atoms with van der Waals surface area (Å²) in [6.07, 6.45) is 0. The van der Waals surface area contributed by atoms with Crippen molar-refractivity contribution >= 4 is 0 Å². The van der Waals surface area contributed by atoms with E-state index in [4.69, 9.17) is 18.6 Å². The van der Waals surface area contributed by atoms with E-state index in [1.165, 1.54) is 6.07 Å². The lowest BCUT2D eigenvalue weighted by Crippen LogP contribution is -2.45. The van der Waals surface area contributed by atoms with Gasteiger partial charge in [-0.25, -0.2) is 0 Å². The predicted molar refractivity (Wildman–Crippen MR) is 108 cm³/mol. The highest BCUT2D eigenvalue weighted by Crippen LogP contribution is 2.40. The highest BCUT2D eigenvalue weighted by Gasteiger charge is 2.23. The van der Waals surface area contributed by atoms with Crippen LogP contribution in [0.15, 0.2) is 27.4 Å². The molecule has 8 heteroatoms. The Hall–Kier alpha value is -2.71. The Balaban J connectivity index is 1.64. The summed E-state index contributed by atoms with van der Waals surface area (Å²) in [4.78, 5) is 16.2. The molecule has 0 spiro atoms. The van der Waals surface area contributed by atoms with Crippen LogP contribution in [-0.4, -0.2) is 62.4 Å². The summed E-state index contributed by atoms with van der Waals surface area (Å²) < 4.78 is 21.9. The van der Waals surface area contributed by atoms with Gasteiger partial charge in [-0.05, 0) is 13.0 Å². The average molecular weight is 404 g/mol. The Kier molecular flexibility index (Phi) is 6.66. The number of ether oxygens (including phenoxy) is 3. The first-order valence-electron chi connectivity index (χ1n) is 9.52. The molecule has 1 saturated heterocycles. The number of aromatic hydroxyl groups is 1. The maximum atomic E-state index is 11.7. The van der Waals surface area contributed by atoms with Gasteiger partial charge in [-0.2, -0.15) is 0 Å². The van der Waals surface area contributed by atoms with Crippen molar-refractivity contribution < 1.29 is 23.7 Å². The number of hydrogen-bond donors (Lipinski definition) is 1. The first-order chi connectivity index (χ1) is 14.0. The van der Waals surface area contributed by atoms with Gasteiger partial charge in [0.1, 0.15) is 5.76 Å². The molecule has 1 aliphatic heterocycles. The number of hydrogen-bond acceptors (Lipinski definition) is 8. The van der Waals surface area contributed by atoms with E-state index in [2.05, 4.69) is 9.80 Å². The normalized spacial score (nSPS) is 15.3. The van der Waals surface area contributed by atoms with Crippen LogP contribution in [0.2, 0.25) is 0 Å². The van der Waals surface area contributed by atoms with Gasteiger partial charge in [0, 0.05) is 44.4 Å². The highest BCUT2D eigenvalue weighted by molar-refractivity contribution is 5.55. The molecular weight excluding hydrogens is 376 g/mol. The van der Waals surface area contributed by atoms with Crippen LogP contribution in [0, 0.1) is 6.92 Å². The van der Waals surface area contributed by atoms with Gasteiger partial charge in [0.15, 0.2) is 17.3 Å². The third kappa shape index (κ3) is 4.65. The largest absolute Gasteiger partial charge is 0.502 e. The van der Waals surface area contributed by atoms with Crippen molar-refractivity contribution in [3.8, 4) is 23.0 Å².